The van der Waals surface area contributed by atoms with Gasteiger partial charge in [-0.25, -0.2) is 4.98 Å². The van der Waals surface area contributed by atoms with Gasteiger partial charge in [0.1, 0.15) is 0 Å². The molecular weight excluding hydrogens is 230 g/mol. The summed E-state index contributed by atoms with van der Waals surface area (Å²) < 4.78 is 1.96. The van der Waals surface area contributed by atoms with E-state index in [1.54, 1.807) is 24.5 Å². The average Bonchev–Trinajstić information content (AvgIpc) is 3.08. The quantitative estimate of drug-likeness (QED) is 0.783. The van der Waals surface area contributed by atoms with E-state index < -0.39 is 0 Å². The van der Waals surface area contributed by atoms with Gasteiger partial charge in [-0.2, -0.15) is 0 Å². The number of nitrogens with zero attached hydrogens (tertiary/aromatic N) is 3. The standard InChI is InChI=1S/C13H21N3O2/c1-15(9-12(17)11-4-5-11)13(18)3-2-7-16-8-6-14-10-16/h6,8,10-12,17H,2-5,7,9H2,1H3. The normalized spacial score (nSPS) is 16.6. The number of carbonyl (C=O) groups excluding carboxylic acids is 1. The fraction of sp³-hybridized carbons (Fsp3) is 0.692. The van der Waals surface area contributed by atoms with Crippen LogP contribution in [0.3, 0.4) is 0 Å². The zero-order valence-corrected chi connectivity index (χ0v) is 10.8. The summed E-state index contributed by atoms with van der Waals surface area (Å²) in [7, 11) is 1.77. The Balaban J connectivity index is 1.63. The van der Waals surface area contributed by atoms with Crippen LogP contribution in [0.25, 0.3) is 0 Å². The second-order valence-electron chi connectivity index (χ2n) is 5.08. The summed E-state index contributed by atoms with van der Waals surface area (Å²) in [4.78, 5) is 17.4. The number of aliphatic hydroxyl groups is 1. The molecule has 0 aliphatic heterocycles. The first-order chi connectivity index (χ1) is 8.66. The summed E-state index contributed by atoms with van der Waals surface area (Å²) in [6, 6.07) is 0. The first-order valence-corrected chi connectivity index (χ1v) is 6.54. The molecule has 1 aromatic heterocycles. The molecule has 1 heterocycles. The van der Waals surface area contributed by atoms with Crippen molar-refractivity contribution in [2.24, 2.45) is 5.92 Å². The van der Waals surface area contributed by atoms with Crippen LogP contribution in [0.2, 0.25) is 0 Å². The Bertz CT molecular complexity index is 374. The number of likely N-dealkylation sites (N-methyl/N-ethyl adjacent to an activating group) is 1. The van der Waals surface area contributed by atoms with E-state index in [4.69, 9.17) is 0 Å². The van der Waals surface area contributed by atoms with E-state index in [2.05, 4.69) is 4.98 Å². The van der Waals surface area contributed by atoms with E-state index in [0.29, 0.717) is 18.9 Å². The molecule has 18 heavy (non-hydrogen) atoms. The largest absolute Gasteiger partial charge is 0.391 e. The van der Waals surface area contributed by atoms with Crippen LogP contribution in [0, 0.1) is 5.92 Å². The Kier molecular flexibility index (Phi) is 4.36. The molecule has 100 valence electrons. The van der Waals surface area contributed by atoms with Gasteiger partial charge in [0, 0.05) is 39.0 Å². The fourth-order valence-electron chi connectivity index (χ4n) is 2.04. The smallest absolute Gasteiger partial charge is 0.222 e. The Hall–Kier alpha value is -1.36. The van der Waals surface area contributed by atoms with Gasteiger partial charge in [0.05, 0.1) is 12.4 Å². The summed E-state index contributed by atoms with van der Waals surface area (Å²) >= 11 is 0. The van der Waals surface area contributed by atoms with E-state index in [1.165, 1.54) is 0 Å². The van der Waals surface area contributed by atoms with Crippen molar-refractivity contribution >= 4 is 5.91 Å². The van der Waals surface area contributed by atoms with Crippen molar-refractivity contribution in [3.8, 4) is 0 Å². The molecule has 1 fully saturated rings. The van der Waals surface area contributed by atoms with Gasteiger partial charge < -0.3 is 14.6 Å². The Labute approximate surface area is 107 Å². The summed E-state index contributed by atoms with van der Waals surface area (Å²) in [6.45, 7) is 1.28. The van der Waals surface area contributed by atoms with Crippen molar-refractivity contribution in [3.05, 3.63) is 18.7 Å². The zero-order chi connectivity index (χ0) is 13.0. The maximum absolute atomic E-state index is 11.8. The lowest BCUT2D eigenvalue weighted by atomic mass is 10.2. The average molecular weight is 251 g/mol. The van der Waals surface area contributed by atoms with E-state index >= 15 is 0 Å². The lowest BCUT2D eigenvalue weighted by molar-refractivity contribution is -0.131. The van der Waals surface area contributed by atoms with Crippen LogP contribution in [-0.4, -0.2) is 45.2 Å². The summed E-state index contributed by atoms with van der Waals surface area (Å²) in [5, 5.41) is 9.78. The lowest BCUT2D eigenvalue weighted by Crippen LogP contribution is -2.35. The molecule has 1 amide bonds. The number of carbonyl (C=O) groups is 1. The predicted octanol–water partition coefficient (Wildman–Crippen LogP) is 0.893. The van der Waals surface area contributed by atoms with Crippen LogP contribution >= 0.6 is 0 Å². The maximum atomic E-state index is 11.8. The van der Waals surface area contributed by atoms with Gasteiger partial charge in [-0.1, -0.05) is 0 Å². The zero-order valence-electron chi connectivity index (χ0n) is 10.8. The molecule has 1 aliphatic carbocycles. The van der Waals surface area contributed by atoms with Crippen molar-refractivity contribution in [2.75, 3.05) is 13.6 Å². The van der Waals surface area contributed by atoms with Gasteiger partial charge in [-0.3, -0.25) is 4.79 Å². The number of aromatic nitrogens is 2. The molecule has 1 aliphatic rings. The topological polar surface area (TPSA) is 58.4 Å². The van der Waals surface area contributed by atoms with Crippen LogP contribution in [0.4, 0.5) is 0 Å². The van der Waals surface area contributed by atoms with Crippen molar-refractivity contribution in [1.29, 1.82) is 0 Å². The number of rotatable bonds is 7. The third-order valence-corrected chi connectivity index (χ3v) is 3.42. The van der Waals surface area contributed by atoms with Crippen molar-refractivity contribution in [1.82, 2.24) is 14.5 Å². The van der Waals surface area contributed by atoms with Crippen molar-refractivity contribution in [3.63, 3.8) is 0 Å². The minimum Gasteiger partial charge on any atom is -0.391 e. The highest BCUT2D eigenvalue weighted by Crippen LogP contribution is 2.32. The van der Waals surface area contributed by atoms with Crippen LogP contribution in [-0.2, 0) is 11.3 Å². The van der Waals surface area contributed by atoms with E-state index in [-0.39, 0.29) is 12.0 Å². The molecule has 1 aromatic rings. The monoisotopic (exact) mass is 251 g/mol. The van der Waals surface area contributed by atoms with Crippen molar-refractivity contribution in [2.45, 2.75) is 38.3 Å². The Morgan fingerprint density at radius 1 is 1.61 bits per heavy atom. The summed E-state index contributed by atoms with van der Waals surface area (Å²) in [5.74, 6) is 0.529. The Morgan fingerprint density at radius 2 is 2.39 bits per heavy atom. The molecule has 0 radical (unpaired) electrons. The number of imidazole rings is 1. The summed E-state index contributed by atoms with van der Waals surface area (Å²) in [6.07, 6.45) is 8.57. The molecule has 0 bridgehead atoms. The fourth-order valence-corrected chi connectivity index (χ4v) is 2.04. The number of amides is 1. The molecule has 5 heteroatoms. The first-order valence-electron chi connectivity index (χ1n) is 6.54. The number of hydrogen-bond acceptors (Lipinski definition) is 3. The highest BCUT2D eigenvalue weighted by molar-refractivity contribution is 5.75. The molecule has 2 rings (SSSR count). The minimum atomic E-state index is -0.340. The van der Waals surface area contributed by atoms with Gasteiger partial charge in [0.2, 0.25) is 5.91 Å². The van der Waals surface area contributed by atoms with Crippen LogP contribution in [0.15, 0.2) is 18.7 Å². The minimum absolute atomic E-state index is 0.106. The molecule has 1 unspecified atom stereocenters. The molecule has 1 N–H and O–H groups in total. The molecule has 0 saturated heterocycles. The lowest BCUT2D eigenvalue weighted by Gasteiger charge is -2.20. The third kappa shape index (κ3) is 3.84. The predicted molar refractivity (Wildman–Crippen MR) is 67.8 cm³/mol. The Morgan fingerprint density at radius 3 is 3.00 bits per heavy atom. The highest BCUT2D eigenvalue weighted by atomic mass is 16.3. The summed E-state index contributed by atoms with van der Waals surface area (Å²) in [5.41, 5.74) is 0. The van der Waals surface area contributed by atoms with Gasteiger partial charge in [-0.05, 0) is 25.2 Å². The maximum Gasteiger partial charge on any atom is 0.222 e. The van der Waals surface area contributed by atoms with Crippen LogP contribution in [0.5, 0.6) is 0 Å². The number of hydrogen-bond donors (Lipinski definition) is 1. The number of aliphatic hydroxyl groups excluding tert-OH is 1. The number of aryl methyl sites for hydroxylation is 1. The first kappa shape index (κ1) is 13.1. The molecule has 1 saturated carbocycles. The highest BCUT2D eigenvalue weighted by Gasteiger charge is 2.30. The van der Waals surface area contributed by atoms with E-state index in [0.717, 1.165) is 25.8 Å². The van der Waals surface area contributed by atoms with Gasteiger partial charge in [0.15, 0.2) is 0 Å². The van der Waals surface area contributed by atoms with Crippen molar-refractivity contribution < 1.29 is 9.90 Å². The SMILES string of the molecule is CN(CC(O)C1CC1)C(=O)CCCn1ccnc1. The van der Waals surface area contributed by atoms with Crippen LogP contribution in [0.1, 0.15) is 25.7 Å². The van der Waals surface area contributed by atoms with E-state index in [9.17, 15) is 9.90 Å². The second kappa shape index (κ2) is 6.00. The molecule has 0 spiro atoms. The van der Waals surface area contributed by atoms with Gasteiger partial charge in [0.25, 0.3) is 0 Å². The molecule has 1 atom stereocenters. The second-order valence-corrected chi connectivity index (χ2v) is 5.08. The van der Waals surface area contributed by atoms with Gasteiger partial charge in [-0.15, -0.1) is 0 Å². The van der Waals surface area contributed by atoms with Gasteiger partial charge >= 0.3 is 0 Å². The van der Waals surface area contributed by atoms with E-state index in [1.807, 2.05) is 10.8 Å². The third-order valence-electron chi connectivity index (χ3n) is 3.42. The van der Waals surface area contributed by atoms with Crippen LogP contribution < -0.4 is 0 Å². The molecular formula is C13H21N3O2. The molecule has 0 aromatic carbocycles. The molecule has 5 nitrogen and oxygen atoms in total.